The van der Waals surface area contributed by atoms with Gasteiger partial charge in [-0.25, -0.2) is 17.2 Å². The molecule has 0 N–H and O–H groups in total. The third kappa shape index (κ3) is 3.64. The third-order valence-corrected chi connectivity index (χ3v) is 6.34. The van der Waals surface area contributed by atoms with Crippen LogP contribution in [0.5, 0.6) is 0 Å². The monoisotopic (exact) mass is 385 g/mol. The number of alkyl halides is 1. The molecular formula is C17H21F2N3O3S. The van der Waals surface area contributed by atoms with Crippen molar-refractivity contribution in [3.05, 3.63) is 41.8 Å². The molecular weight excluding hydrogens is 364 g/mol. The first-order valence-electron chi connectivity index (χ1n) is 8.49. The maximum Gasteiger partial charge on any atom is 0.264 e. The molecule has 142 valence electrons. The zero-order chi connectivity index (χ0) is 18.9. The summed E-state index contributed by atoms with van der Waals surface area (Å²) in [4.78, 5) is 3.72. The van der Waals surface area contributed by atoms with Gasteiger partial charge in [0.15, 0.2) is 11.5 Å². The van der Waals surface area contributed by atoms with E-state index in [9.17, 15) is 12.8 Å². The van der Waals surface area contributed by atoms with Crippen LogP contribution in [-0.4, -0.2) is 36.0 Å². The van der Waals surface area contributed by atoms with Gasteiger partial charge in [0.05, 0.1) is 0 Å². The predicted molar refractivity (Wildman–Crippen MR) is 90.0 cm³/mol. The number of sulfonamides is 1. The van der Waals surface area contributed by atoms with Crippen molar-refractivity contribution >= 4 is 10.0 Å². The summed E-state index contributed by atoms with van der Waals surface area (Å²) in [6, 6.07) is 5.17. The quantitative estimate of drug-likeness (QED) is 0.791. The van der Waals surface area contributed by atoms with Gasteiger partial charge in [-0.15, -0.1) is 0 Å². The van der Waals surface area contributed by atoms with Gasteiger partial charge < -0.3 is 4.52 Å². The lowest BCUT2D eigenvalue weighted by atomic mass is 9.94. The fraction of sp³-hybridized carbons (Fsp3) is 0.529. The molecule has 0 aliphatic carbocycles. The molecule has 1 saturated heterocycles. The van der Waals surface area contributed by atoms with Crippen molar-refractivity contribution in [2.24, 2.45) is 5.92 Å². The largest absolute Gasteiger partial charge is 0.336 e. The van der Waals surface area contributed by atoms with E-state index in [2.05, 4.69) is 10.1 Å². The van der Waals surface area contributed by atoms with Gasteiger partial charge in [0.1, 0.15) is 10.7 Å². The van der Waals surface area contributed by atoms with Crippen molar-refractivity contribution < 1.29 is 21.7 Å². The highest BCUT2D eigenvalue weighted by molar-refractivity contribution is 7.89. The van der Waals surface area contributed by atoms with Gasteiger partial charge in [0.25, 0.3) is 5.89 Å². The molecule has 9 heteroatoms. The first-order valence-corrected chi connectivity index (χ1v) is 9.93. The van der Waals surface area contributed by atoms with E-state index < -0.39 is 26.4 Å². The minimum Gasteiger partial charge on any atom is -0.336 e. The Balaban J connectivity index is 1.74. The van der Waals surface area contributed by atoms with E-state index >= 15 is 4.39 Å². The molecule has 0 amide bonds. The molecule has 1 fully saturated rings. The fourth-order valence-electron chi connectivity index (χ4n) is 2.97. The van der Waals surface area contributed by atoms with Crippen molar-refractivity contribution in [1.82, 2.24) is 14.4 Å². The molecule has 26 heavy (non-hydrogen) atoms. The van der Waals surface area contributed by atoms with Gasteiger partial charge in [0, 0.05) is 32.4 Å². The summed E-state index contributed by atoms with van der Waals surface area (Å²) < 4.78 is 60.4. The molecule has 0 bridgehead atoms. The number of halogens is 2. The minimum atomic E-state index is -4.01. The summed E-state index contributed by atoms with van der Waals surface area (Å²) in [5.74, 6) is -0.187. The standard InChI is InChI=1S/C17H21F2N3O3S/c1-12(2)11-15-20-16(25-21-15)17(19)7-9-22(10-8-17)26(23,24)14-6-4-3-5-13(14)18/h3-6,12H,7-11H2,1-2H3. The Hall–Kier alpha value is -1.87. The van der Waals surface area contributed by atoms with E-state index in [0.717, 1.165) is 10.4 Å². The first-order chi connectivity index (χ1) is 12.2. The Kier molecular flexibility index (Phi) is 5.12. The second kappa shape index (κ2) is 7.03. The Labute approximate surface area is 151 Å². The zero-order valence-corrected chi connectivity index (χ0v) is 15.5. The van der Waals surface area contributed by atoms with E-state index in [1.54, 1.807) is 0 Å². The summed E-state index contributed by atoms with van der Waals surface area (Å²) in [5.41, 5.74) is -1.87. The number of piperidine rings is 1. The van der Waals surface area contributed by atoms with Crippen LogP contribution in [0, 0.1) is 11.7 Å². The number of hydrogen-bond acceptors (Lipinski definition) is 5. The summed E-state index contributed by atoms with van der Waals surface area (Å²) >= 11 is 0. The maximum atomic E-state index is 15.2. The van der Waals surface area contributed by atoms with Crippen LogP contribution in [0.4, 0.5) is 8.78 Å². The normalized spacial score (nSPS) is 18.3. The van der Waals surface area contributed by atoms with E-state index in [0.29, 0.717) is 18.2 Å². The van der Waals surface area contributed by atoms with Crippen molar-refractivity contribution in [3.63, 3.8) is 0 Å². The van der Waals surface area contributed by atoms with E-state index in [1.807, 2.05) is 13.8 Å². The van der Waals surface area contributed by atoms with Gasteiger partial charge in [0.2, 0.25) is 10.0 Å². The van der Waals surface area contributed by atoms with E-state index in [1.165, 1.54) is 18.2 Å². The Bertz CT molecular complexity index is 875. The van der Waals surface area contributed by atoms with Crippen LogP contribution in [0.15, 0.2) is 33.7 Å². The van der Waals surface area contributed by atoms with Crippen molar-refractivity contribution in [2.75, 3.05) is 13.1 Å². The van der Waals surface area contributed by atoms with Crippen LogP contribution in [0.2, 0.25) is 0 Å². The van der Waals surface area contributed by atoms with Gasteiger partial charge in [-0.05, 0) is 18.1 Å². The number of aromatic nitrogens is 2. The fourth-order valence-corrected chi connectivity index (χ4v) is 4.48. The van der Waals surface area contributed by atoms with Gasteiger partial charge in [-0.3, -0.25) is 0 Å². The molecule has 0 saturated carbocycles. The highest BCUT2D eigenvalue weighted by atomic mass is 32.2. The lowest BCUT2D eigenvalue weighted by molar-refractivity contribution is 0.0510. The lowest BCUT2D eigenvalue weighted by Gasteiger charge is -2.33. The minimum absolute atomic E-state index is 0.0882. The number of rotatable bonds is 5. The average Bonchev–Trinajstić information content (AvgIpc) is 3.04. The molecule has 0 spiro atoms. The second-order valence-corrected chi connectivity index (χ2v) is 8.82. The van der Waals surface area contributed by atoms with Crippen LogP contribution in [0.25, 0.3) is 0 Å². The highest BCUT2D eigenvalue weighted by Crippen LogP contribution is 2.37. The van der Waals surface area contributed by atoms with Crippen LogP contribution in [-0.2, 0) is 22.1 Å². The highest BCUT2D eigenvalue weighted by Gasteiger charge is 2.44. The summed E-state index contributed by atoms with van der Waals surface area (Å²) in [7, 11) is -4.01. The summed E-state index contributed by atoms with van der Waals surface area (Å²) in [5, 5.41) is 3.80. The maximum absolute atomic E-state index is 15.2. The summed E-state index contributed by atoms with van der Waals surface area (Å²) in [6.45, 7) is 3.81. The zero-order valence-electron chi connectivity index (χ0n) is 14.7. The first kappa shape index (κ1) is 18.9. The van der Waals surface area contributed by atoms with Crippen LogP contribution < -0.4 is 0 Å². The van der Waals surface area contributed by atoms with Crippen molar-refractivity contribution in [2.45, 2.75) is 43.7 Å². The van der Waals surface area contributed by atoms with E-state index in [-0.39, 0.29) is 31.8 Å². The molecule has 0 atom stereocenters. The second-order valence-electron chi connectivity index (χ2n) is 6.91. The number of hydrogen-bond donors (Lipinski definition) is 0. The number of benzene rings is 1. The Morgan fingerprint density at radius 1 is 1.27 bits per heavy atom. The average molecular weight is 385 g/mol. The number of nitrogens with zero attached hydrogens (tertiary/aromatic N) is 3. The summed E-state index contributed by atoms with van der Waals surface area (Å²) in [6.07, 6.45) is 0.335. The van der Waals surface area contributed by atoms with Gasteiger partial charge in [-0.1, -0.05) is 31.1 Å². The Morgan fingerprint density at radius 3 is 2.54 bits per heavy atom. The predicted octanol–water partition coefficient (Wildman–Crippen LogP) is 3.06. The molecule has 2 heterocycles. The van der Waals surface area contributed by atoms with Crippen LogP contribution in [0.1, 0.15) is 38.4 Å². The Morgan fingerprint density at radius 2 is 1.92 bits per heavy atom. The van der Waals surface area contributed by atoms with Crippen molar-refractivity contribution in [1.29, 1.82) is 0 Å². The van der Waals surface area contributed by atoms with Crippen LogP contribution >= 0.6 is 0 Å². The SMILES string of the molecule is CC(C)Cc1noc(C2(F)CCN(S(=O)(=O)c3ccccc3F)CC2)n1. The molecule has 2 aromatic rings. The molecule has 0 unspecified atom stereocenters. The lowest BCUT2D eigenvalue weighted by Crippen LogP contribution is -2.43. The van der Waals surface area contributed by atoms with Gasteiger partial charge >= 0.3 is 0 Å². The van der Waals surface area contributed by atoms with Crippen LogP contribution in [0.3, 0.4) is 0 Å². The topological polar surface area (TPSA) is 76.3 Å². The molecule has 3 rings (SSSR count). The third-order valence-electron chi connectivity index (χ3n) is 4.41. The van der Waals surface area contributed by atoms with Gasteiger partial charge in [-0.2, -0.15) is 9.29 Å². The van der Waals surface area contributed by atoms with Crippen molar-refractivity contribution in [3.8, 4) is 0 Å². The molecule has 1 aromatic carbocycles. The molecule has 1 aliphatic rings. The molecule has 1 aromatic heterocycles. The molecule has 0 radical (unpaired) electrons. The van der Waals surface area contributed by atoms with E-state index in [4.69, 9.17) is 4.52 Å². The molecule has 6 nitrogen and oxygen atoms in total. The molecule has 1 aliphatic heterocycles. The smallest absolute Gasteiger partial charge is 0.264 e.